The molecular formula is C18H14N8O4. The number of nitro benzene ring substituents is 1. The number of phenolic OH excluding ortho intramolecular Hbond substituents is 1. The van der Waals surface area contributed by atoms with Crippen LogP contribution in [0.1, 0.15) is 10.5 Å². The van der Waals surface area contributed by atoms with Gasteiger partial charge in [-0.2, -0.15) is 5.10 Å². The lowest BCUT2D eigenvalue weighted by atomic mass is 10.2. The standard InChI is InChI=1S/C18H14N8O4/c27-16-10-13(26(29)30)6-7-14(16)19-18(28)15-8-9-24(21-15)11-25-22-17(20-23-25)12-4-2-1-3-5-12/h1-10,27H,11H2,(H,19,28). The molecule has 30 heavy (non-hydrogen) atoms. The van der Waals surface area contributed by atoms with Crippen LogP contribution in [-0.4, -0.2) is 45.9 Å². The molecule has 0 fully saturated rings. The molecule has 0 aliphatic carbocycles. The molecule has 0 unspecified atom stereocenters. The van der Waals surface area contributed by atoms with E-state index in [0.717, 1.165) is 11.6 Å². The Morgan fingerprint density at radius 3 is 2.67 bits per heavy atom. The number of amides is 1. The summed E-state index contributed by atoms with van der Waals surface area (Å²) in [4.78, 5) is 23.8. The van der Waals surface area contributed by atoms with E-state index in [0.29, 0.717) is 5.82 Å². The van der Waals surface area contributed by atoms with Crippen LogP contribution in [0.25, 0.3) is 11.4 Å². The van der Waals surface area contributed by atoms with Crippen molar-refractivity contribution in [1.82, 2.24) is 30.0 Å². The monoisotopic (exact) mass is 406 g/mol. The minimum absolute atomic E-state index is 0.0330. The van der Waals surface area contributed by atoms with Gasteiger partial charge in [0.05, 0.1) is 16.7 Å². The molecule has 0 aliphatic rings. The number of hydrogen-bond donors (Lipinski definition) is 2. The van der Waals surface area contributed by atoms with Gasteiger partial charge in [0, 0.05) is 17.8 Å². The van der Waals surface area contributed by atoms with Gasteiger partial charge < -0.3 is 10.4 Å². The number of phenols is 1. The molecule has 150 valence electrons. The number of aromatic nitrogens is 6. The zero-order valence-electron chi connectivity index (χ0n) is 15.3. The average Bonchev–Trinajstić information content (AvgIpc) is 3.40. The summed E-state index contributed by atoms with van der Waals surface area (Å²) in [5.74, 6) is -0.541. The Kier molecular flexibility index (Phi) is 4.87. The summed E-state index contributed by atoms with van der Waals surface area (Å²) < 4.78 is 1.45. The Labute approximate surface area is 168 Å². The number of aromatic hydroxyl groups is 1. The van der Waals surface area contributed by atoms with E-state index >= 15 is 0 Å². The second kappa shape index (κ2) is 7.79. The van der Waals surface area contributed by atoms with Crippen molar-refractivity contribution in [3.05, 3.63) is 76.6 Å². The fraction of sp³-hybridized carbons (Fsp3) is 0.0556. The number of nitro groups is 1. The van der Waals surface area contributed by atoms with Crippen LogP contribution in [0.4, 0.5) is 11.4 Å². The van der Waals surface area contributed by atoms with E-state index in [1.54, 1.807) is 6.20 Å². The van der Waals surface area contributed by atoms with Gasteiger partial charge in [-0.25, -0.2) is 4.68 Å². The summed E-state index contributed by atoms with van der Waals surface area (Å²) in [5.41, 5.74) is 0.652. The molecule has 2 N–H and O–H groups in total. The van der Waals surface area contributed by atoms with Crippen molar-refractivity contribution in [1.29, 1.82) is 0 Å². The number of carbonyl (C=O) groups is 1. The Hall–Kier alpha value is -4.61. The van der Waals surface area contributed by atoms with Crippen LogP contribution in [0.15, 0.2) is 60.8 Å². The Balaban J connectivity index is 1.43. The second-order valence-electron chi connectivity index (χ2n) is 6.15. The zero-order valence-corrected chi connectivity index (χ0v) is 15.3. The number of non-ortho nitro benzene ring substituents is 1. The maximum absolute atomic E-state index is 12.4. The van der Waals surface area contributed by atoms with E-state index in [1.807, 2.05) is 30.3 Å². The third kappa shape index (κ3) is 3.96. The van der Waals surface area contributed by atoms with Gasteiger partial charge in [-0.15, -0.1) is 15.0 Å². The van der Waals surface area contributed by atoms with Crippen molar-refractivity contribution >= 4 is 17.3 Å². The maximum atomic E-state index is 12.4. The van der Waals surface area contributed by atoms with Crippen LogP contribution in [0.3, 0.4) is 0 Å². The summed E-state index contributed by atoms with van der Waals surface area (Å²) in [6.45, 7) is 0.135. The highest BCUT2D eigenvalue weighted by molar-refractivity contribution is 6.03. The highest BCUT2D eigenvalue weighted by atomic mass is 16.6. The molecule has 4 rings (SSSR count). The van der Waals surface area contributed by atoms with E-state index in [-0.39, 0.29) is 23.7 Å². The van der Waals surface area contributed by atoms with E-state index in [2.05, 4.69) is 25.8 Å². The molecule has 0 atom stereocenters. The lowest BCUT2D eigenvalue weighted by Gasteiger charge is -2.05. The predicted molar refractivity (Wildman–Crippen MR) is 104 cm³/mol. The molecular weight excluding hydrogens is 392 g/mol. The van der Waals surface area contributed by atoms with Crippen molar-refractivity contribution in [2.45, 2.75) is 6.67 Å². The van der Waals surface area contributed by atoms with Gasteiger partial charge in [0.15, 0.2) is 12.4 Å². The number of tetrazole rings is 1. The molecule has 4 aromatic rings. The summed E-state index contributed by atoms with van der Waals surface area (Å²) in [6, 6.07) is 14.2. The van der Waals surface area contributed by atoms with E-state index in [1.165, 1.54) is 27.7 Å². The molecule has 2 aromatic carbocycles. The molecule has 0 bridgehead atoms. The van der Waals surface area contributed by atoms with E-state index in [4.69, 9.17) is 0 Å². The van der Waals surface area contributed by atoms with Crippen LogP contribution >= 0.6 is 0 Å². The molecule has 1 amide bonds. The Bertz CT molecular complexity index is 1220. The van der Waals surface area contributed by atoms with Crippen molar-refractivity contribution in [3.63, 3.8) is 0 Å². The summed E-state index contributed by atoms with van der Waals surface area (Å²) >= 11 is 0. The van der Waals surface area contributed by atoms with Gasteiger partial charge in [-0.05, 0) is 17.3 Å². The number of benzene rings is 2. The highest BCUT2D eigenvalue weighted by Crippen LogP contribution is 2.28. The average molecular weight is 406 g/mol. The highest BCUT2D eigenvalue weighted by Gasteiger charge is 2.15. The van der Waals surface area contributed by atoms with Crippen molar-refractivity contribution < 1.29 is 14.8 Å². The normalized spacial score (nSPS) is 10.7. The first kappa shape index (κ1) is 18.7. The van der Waals surface area contributed by atoms with Crippen LogP contribution in [0.2, 0.25) is 0 Å². The first-order valence-electron chi connectivity index (χ1n) is 8.65. The third-order valence-corrected chi connectivity index (χ3v) is 4.07. The van der Waals surface area contributed by atoms with Gasteiger partial charge in [-0.3, -0.25) is 14.9 Å². The van der Waals surface area contributed by atoms with Crippen LogP contribution in [-0.2, 0) is 6.67 Å². The molecule has 0 saturated heterocycles. The summed E-state index contributed by atoms with van der Waals surface area (Å²) in [6.07, 6.45) is 1.57. The largest absolute Gasteiger partial charge is 0.506 e. The minimum atomic E-state index is -0.644. The lowest BCUT2D eigenvalue weighted by molar-refractivity contribution is -0.384. The maximum Gasteiger partial charge on any atom is 0.276 e. The van der Waals surface area contributed by atoms with Crippen LogP contribution in [0.5, 0.6) is 5.75 Å². The van der Waals surface area contributed by atoms with Crippen molar-refractivity contribution in [3.8, 4) is 17.1 Å². The summed E-state index contributed by atoms with van der Waals surface area (Å²) in [7, 11) is 0. The molecule has 12 heteroatoms. The molecule has 2 aromatic heterocycles. The topological polar surface area (TPSA) is 154 Å². The van der Waals surface area contributed by atoms with Crippen molar-refractivity contribution in [2.75, 3.05) is 5.32 Å². The Morgan fingerprint density at radius 1 is 1.13 bits per heavy atom. The molecule has 2 heterocycles. The van der Waals surface area contributed by atoms with Gasteiger partial charge in [0.25, 0.3) is 11.6 Å². The van der Waals surface area contributed by atoms with Crippen molar-refractivity contribution in [2.24, 2.45) is 0 Å². The van der Waals surface area contributed by atoms with E-state index in [9.17, 15) is 20.0 Å². The lowest BCUT2D eigenvalue weighted by Crippen LogP contribution is -2.16. The molecule has 0 aliphatic heterocycles. The number of anilines is 1. The van der Waals surface area contributed by atoms with Gasteiger partial charge in [0.2, 0.25) is 5.82 Å². The number of hydrogen-bond acceptors (Lipinski definition) is 8. The van der Waals surface area contributed by atoms with E-state index < -0.39 is 16.6 Å². The van der Waals surface area contributed by atoms with Crippen LogP contribution in [0, 0.1) is 10.1 Å². The Morgan fingerprint density at radius 2 is 1.93 bits per heavy atom. The van der Waals surface area contributed by atoms with Gasteiger partial charge in [-0.1, -0.05) is 30.3 Å². The van der Waals surface area contributed by atoms with Crippen LogP contribution < -0.4 is 5.32 Å². The quantitative estimate of drug-likeness (QED) is 0.280. The van der Waals surface area contributed by atoms with Gasteiger partial charge in [0.1, 0.15) is 5.75 Å². The minimum Gasteiger partial charge on any atom is -0.506 e. The van der Waals surface area contributed by atoms with Gasteiger partial charge >= 0.3 is 0 Å². The fourth-order valence-corrected chi connectivity index (χ4v) is 2.62. The number of nitrogens with one attached hydrogen (secondary N) is 1. The molecule has 12 nitrogen and oxygen atoms in total. The molecule has 0 spiro atoms. The smallest absolute Gasteiger partial charge is 0.276 e. The first-order chi connectivity index (χ1) is 14.5. The third-order valence-electron chi connectivity index (χ3n) is 4.07. The molecule has 0 radical (unpaired) electrons. The first-order valence-corrected chi connectivity index (χ1v) is 8.65. The SMILES string of the molecule is O=C(Nc1ccc([N+](=O)[O-])cc1O)c1ccn(Cn2nnc(-c3ccccc3)n2)n1. The zero-order chi connectivity index (χ0) is 21.1. The number of rotatable bonds is 6. The molecule has 0 saturated carbocycles. The number of nitrogens with zero attached hydrogens (tertiary/aromatic N) is 7. The number of carbonyl (C=O) groups excluding carboxylic acids is 1. The second-order valence-corrected chi connectivity index (χ2v) is 6.15. The summed E-state index contributed by atoms with van der Waals surface area (Å²) in [5, 5.41) is 39.4. The predicted octanol–water partition coefficient (Wildman–Crippen LogP) is 1.91. The fourth-order valence-electron chi connectivity index (χ4n) is 2.62.